The second-order valence-corrected chi connectivity index (χ2v) is 6.35. The van der Waals surface area contributed by atoms with Crippen LogP contribution in [0.1, 0.15) is 12.5 Å². The van der Waals surface area contributed by atoms with Gasteiger partial charge < -0.3 is 0 Å². The lowest BCUT2D eigenvalue weighted by Crippen LogP contribution is -2.23. The van der Waals surface area contributed by atoms with Crippen LogP contribution in [-0.2, 0) is 10.0 Å². The number of benzene rings is 1. The van der Waals surface area contributed by atoms with E-state index in [4.69, 9.17) is 5.26 Å². The maximum atomic E-state index is 11.6. The van der Waals surface area contributed by atoms with Crippen LogP contribution in [0.2, 0.25) is 0 Å². The summed E-state index contributed by atoms with van der Waals surface area (Å²) in [5, 5.41) is 7.50. The Balaban J connectivity index is 3.02. The first-order valence-electron chi connectivity index (χ1n) is 4.53. The van der Waals surface area contributed by atoms with Gasteiger partial charge in [0.05, 0.1) is 6.07 Å². The Morgan fingerprint density at radius 2 is 2.06 bits per heavy atom. The standard InChI is InChI=1S/C10H11BrN2O2S/c1-7-3-9(11)5-10(4-7)13-16(14,15)8(2)6-12/h3-5,8,13H,1-2H3. The van der Waals surface area contributed by atoms with Crippen molar-refractivity contribution in [2.45, 2.75) is 19.1 Å². The topological polar surface area (TPSA) is 70.0 Å². The van der Waals surface area contributed by atoms with Crippen LogP contribution < -0.4 is 4.72 Å². The molecule has 0 aliphatic rings. The quantitative estimate of drug-likeness (QED) is 0.932. The molecule has 0 aliphatic heterocycles. The summed E-state index contributed by atoms with van der Waals surface area (Å²) in [7, 11) is -3.63. The van der Waals surface area contributed by atoms with Crippen LogP contribution in [0.5, 0.6) is 0 Å². The van der Waals surface area contributed by atoms with Gasteiger partial charge in [-0.1, -0.05) is 15.9 Å². The number of aryl methyl sites for hydroxylation is 1. The average molecular weight is 303 g/mol. The van der Waals surface area contributed by atoms with Crippen LogP contribution in [0.3, 0.4) is 0 Å². The van der Waals surface area contributed by atoms with Gasteiger partial charge in [0, 0.05) is 10.2 Å². The van der Waals surface area contributed by atoms with E-state index in [1.54, 1.807) is 18.2 Å². The highest BCUT2D eigenvalue weighted by Crippen LogP contribution is 2.20. The van der Waals surface area contributed by atoms with E-state index in [1.807, 2.05) is 13.0 Å². The van der Waals surface area contributed by atoms with E-state index in [0.29, 0.717) is 5.69 Å². The summed E-state index contributed by atoms with van der Waals surface area (Å²) < 4.78 is 26.4. The van der Waals surface area contributed by atoms with Crippen molar-refractivity contribution in [3.63, 3.8) is 0 Å². The van der Waals surface area contributed by atoms with Gasteiger partial charge in [-0.25, -0.2) is 8.42 Å². The molecule has 1 N–H and O–H groups in total. The molecule has 0 saturated carbocycles. The van der Waals surface area contributed by atoms with Crippen LogP contribution in [0.25, 0.3) is 0 Å². The normalized spacial score (nSPS) is 12.9. The Morgan fingerprint density at radius 1 is 1.44 bits per heavy atom. The molecule has 0 spiro atoms. The van der Waals surface area contributed by atoms with E-state index in [0.717, 1.165) is 10.0 Å². The van der Waals surface area contributed by atoms with E-state index < -0.39 is 15.3 Å². The number of hydrogen-bond acceptors (Lipinski definition) is 3. The fourth-order valence-corrected chi connectivity index (χ4v) is 2.49. The zero-order valence-electron chi connectivity index (χ0n) is 8.86. The second kappa shape index (κ2) is 4.85. The van der Waals surface area contributed by atoms with E-state index in [9.17, 15) is 8.42 Å². The van der Waals surface area contributed by atoms with Gasteiger partial charge in [-0.2, -0.15) is 5.26 Å². The third kappa shape index (κ3) is 3.22. The Labute approximate surface area is 103 Å². The fourth-order valence-electron chi connectivity index (χ4n) is 1.12. The van der Waals surface area contributed by atoms with Crippen LogP contribution in [0.15, 0.2) is 22.7 Å². The molecule has 4 nitrogen and oxygen atoms in total. The lowest BCUT2D eigenvalue weighted by atomic mass is 10.2. The van der Waals surface area contributed by atoms with Crippen molar-refractivity contribution in [1.29, 1.82) is 5.26 Å². The Morgan fingerprint density at radius 3 is 2.56 bits per heavy atom. The van der Waals surface area contributed by atoms with Crippen LogP contribution >= 0.6 is 15.9 Å². The molecule has 1 aromatic carbocycles. The second-order valence-electron chi connectivity index (χ2n) is 3.44. The van der Waals surface area contributed by atoms with Crippen LogP contribution in [-0.4, -0.2) is 13.7 Å². The Kier molecular flexibility index (Phi) is 3.94. The number of nitrogens with zero attached hydrogens (tertiary/aromatic N) is 1. The van der Waals surface area contributed by atoms with E-state index in [2.05, 4.69) is 20.7 Å². The van der Waals surface area contributed by atoms with E-state index in [1.165, 1.54) is 6.92 Å². The molecular weight excluding hydrogens is 292 g/mol. The molecule has 16 heavy (non-hydrogen) atoms. The van der Waals surface area contributed by atoms with Crippen molar-refractivity contribution in [3.8, 4) is 6.07 Å². The molecule has 1 aromatic rings. The van der Waals surface area contributed by atoms with Crippen molar-refractivity contribution < 1.29 is 8.42 Å². The van der Waals surface area contributed by atoms with Gasteiger partial charge in [0.15, 0.2) is 5.25 Å². The highest BCUT2D eigenvalue weighted by atomic mass is 79.9. The van der Waals surface area contributed by atoms with Gasteiger partial charge in [0.1, 0.15) is 0 Å². The number of sulfonamides is 1. The monoisotopic (exact) mass is 302 g/mol. The van der Waals surface area contributed by atoms with Gasteiger partial charge in [-0.3, -0.25) is 4.72 Å². The third-order valence-electron chi connectivity index (χ3n) is 1.95. The number of rotatable bonds is 3. The van der Waals surface area contributed by atoms with E-state index in [-0.39, 0.29) is 0 Å². The molecule has 0 saturated heterocycles. The summed E-state index contributed by atoms with van der Waals surface area (Å²) in [6, 6.07) is 6.91. The molecular formula is C10H11BrN2O2S. The summed E-state index contributed by atoms with van der Waals surface area (Å²) in [5.74, 6) is 0. The first kappa shape index (κ1) is 13.0. The molecule has 0 fully saturated rings. The maximum absolute atomic E-state index is 11.6. The van der Waals surface area contributed by atoms with Crippen molar-refractivity contribution >= 4 is 31.6 Å². The van der Waals surface area contributed by atoms with Crippen LogP contribution in [0, 0.1) is 18.3 Å². The summed E-state index contributed by atoms with van der Waals surface area (Å²) in [5.41, 5.74) is 1.38. The number of nitrogens with one attached hydrogen (secondary N) is 1. The molecule has 0 heterocycles. The van der Waals surface area contributed by atoms with Gasteiger partial charge in [0.25, 0.3) is 0 Å². The summed E-state index contributed by atoms with van der Waals surface area (Å²) in [6.45, 7) is 3.20. The van der Waals surface area contributed by atoms with Gasteiger partial charge in [-0.15, -0.1) is 0 Å². The molecule has 0 amide bonds. The highest BCUT2D eigenvalue weighted by Gasteiger charge is 2.19. The molecule has 1 unspecified atom stereocenters. The van der Waals surface area contributed by atoms with Crippen molar-refractivity contribution in [2.24, 2.45) is 0 Å². The molecule has 1 rings (SSSR count). The van der Waals surface area contributed by atoms with Gasteiger partial charge in [-0.05, 0) is 37.6 Å². The van der Waals surface area contributed by atoms with Crippen molar-refractivity contribution in [1.82, 2.24) is 0 Å². The average Bonchev–Trinajstić information content (AvgIpc) is 2.13. The van der Waals surface area contributed by atoms with Crippen molar-refractivity contribution in [2.75, 3.05) is 4.72 Å². The lowest BCUT2D eigenvalue weighted by molar-refractivity contribution is 0.597. The zero-order valence-corrected chi connectivity index (χ0v) is 11.3. The Hall–Kier alpha value is -1.06. The molecule has 0 radical (unpaired) electrons. The first-order chi connectivity index (χ1) is 7.35. The van der Waals surface area contributed by atoms with Gasteiger partial charge >= 0.3 is 0 Å². The summed E-state index contributed by atoms with van der Waals surface area (Å²) in [6.07, 6.45) is 0. The molecule has 6 heteroatoms. The zero-order chi connectivity index (χ0) is 12.3. The molecule has 0 aromatic heterocycles. The molecule has 0 bridgehead atoms. The summed E-state index contributed by atoms with van der Waals surface area (Å²) >= 11 is 3.27. The number of anilines is 1. The lowest BCUT2D eigenvalue weighted by Gasteiger charge is -2.10. The summed E-state index contributed by atoms with van der Waals surface area (Å²) in [4.78, 5) is 0. The minimum Gasteiger partial charge on any atom is -0.282 e. The largest absolute Gasteiger partial charge is 0.282 e. The van der Waals surface area contributed by atoms with Crippen LogP contribution in [0.4, 0.5) is 5.69 Å². The minimum absolute atomic E-state index is 0.453. The number of nitriles is 1. The van der Waals surface area contributed by atoms with Crippen molar-refractivity contribution in [3.05, 3.63) is 28.2 Å². The third-order valence-corrected chi connectivity index (χ3v) is 3.96. The highest BCUT2D eigenvalue weighted by molar-refractivity contribution is 9.10. The maximum Gasteiger partial charge on any atom is 0.248 e. The minimum atomic E-state index is -3.63. The first-order valence-corrected chi connectivity index (χ1v) is 6.87. The Bertz CT molecular complexity index is 514. The van der Waals surface area contributed by atoms with E-state index >= 15 is 0 Å². The fraction of sp³-hybridized carbons (Fsp3) is 0.300. The van der Waals surface area contributed by atoms with Gasteiger partial charge in [0.2, 0.25) is 10.0 Å². The molecule has 0 aliphatic carbocycles. The number of halogens is 1. The smallest absolute Gasteiger partial charge is 0.248 e. The SMILES string of the molecule is Cc1cc(Br)cc(NS(=O)(=O)C(C)C#N)c1. The number of hydrogen-bond donors (Lipinski definition) is 1. The molecule has 1 atom stereocenters. The molecule has 86 valence electrons. The predicted octanol–water partition coefficient (Wildman–Crippen LogP) is 2.41. The predicted molar refractivity (Wildman–Crippen MR) is 66.5 cm³/mol.